The van der Waals surface area contributed by atoms with Crippen LogP contribution in [-0.4, -0.2) is 46.1 Å². The number of piperazine rings is 1. The summed E-state index contributed by atoms with van der Waals surface area (Å²) in [6.07, 6.45) is 1.11. The average molecular weight is 406 g/mol. The van der Waals surface area contributed by atoms with E-state index in [1.807, 2.05) is 4.90 Å². The highest BCUT2D eigenvalue weighted by Gasteiger charge is 2.27. The first kappa shape index (κ1) is 20.1. The number of sulfonamides is 1. The fourth-order valence-corrected chi connectivity index (χ4v) is 4.55. The zero-order valence-corrected chi connectivity index (χ0v) is 16.6. The van der Waals surface area contributed by atoms with Crippen molar-refractivity contribution in [2.45, 2.75) is 18.2 Å². The first-order valence-electron chi connectivity index (χ1n) is 9.35. The van der Waals surface area contributed by atoms with E-state index in [1.165, 1.54) is 11.0 Å². The van der Waals surface area contributed by atoms with Crippen LogP contribution in [-0.2, 0) is 10.0 Å². The molecule has 1 fully saturated rings. The average Bonchev–Trinajstić information content (AvgIpc) is 2.69. The molecule has 1 heterocycles. The van der Waals surface area contributed by atoms with E-state index in [0.29, 0.717) is 24.5 Å². The summed E-state index contributed by atoms with van der Waals surface area (Å²) in [5.41, 5.74) is 0.693. The van der Waals surface area contributed by atoms with Crippen LogP contribution >= 0.6 is 0 Å². The monoisotopic (exact) mass is 405 g/mol. The summed E-state index contributed by atoms with van der Waals surface area (Å²) in [5.74, 6) is 0. The van der Waals surface area contributed by atoms with Gasteiger partial charge in [0.05, 0.1) is 42.5 Å². The van der Waals surface area contributed by atoms with Gasteiger partial charge >= 0.3 is 0 Å². The Kier molecular flexibility index (Phi) is 6.15. The molecule has 0 amide bonds. The molecule has 0 unspecified atom stereocenters. The first-order chi connectivity index (χ1) is 13.4. The summed E-state index contributed by atoms with van der Waals surface area (Å²) < 4.78 is 27.7. The van der Waals surface area contributed by atoms with Crippen LogP contribution in [0.2, 0.25) is 0 Å². The van der Waals surface area contributed by atoms with E-state index in [-0.39, 0.29) is 10.6 Å². The number of anilines is 2. The first-order valence-corrected chi connectivity index (χ1v) is 10.8. The summed E-state index contributed by atoms with van der Waals surface area (Å²) in [5, 5.41) is 11.6. The minimum atomic E-state index is -3.91. The van der Waals surface area contributed by atoms with Crippen LogP contribution in [0.1, 0.15) is 13.3 Å². The number of quaternary nitrogens is 1. The minimum absolute atomic E-state index is 0.123. The Hall–Kier alpha value is -2.65. The van der Waals surface area contributed by atoms with Crippen molar-refractivity contribution in [3.05, 3.63) is 58.6 Å². The van der Waals surface area contributed by atoms with Gasteiger partial charge in [-0.2, -0.15) is 0 Å². The molecule has 1 saturated heterocycles. The van der Waals surface area contributed by atoms with Crippen molar-refractivity contribution >= 4 is 27.1 Å². The number of nitrogens with zero attached hydrogens (tertiary/aromatic N) is 2. The van der Waals surface area contributed by atoms with Gasteiger partial charge < -0.3 is 9.80 Å². The summed E-state index contributed by atoms with van der Waals surface area (Å²) in [6, 6.07) is 12.6. The molecule has 2 aromatic rings. The third-order valence-electron chi connectivity index (χ3n) is 4.89. The third kappa shape index (κ3) is 4.60. The fraction of sp³-hybridized carbons (Fsp3) is 0.368. The maximum atomic E-state index is 12.6. The number of hydrogen-bond acceptors (Lipinski definition) is 5. The number of nitrogens with one attached hydrogen (secondary N) is 2. The van der Waals surface area contributed by atoms with E-state index >= 15 is 0 Å². The number of nitro benzene ring substituents is 1. The fourth-order valence-electron chi connectivity index (χ4n) is 3.47. The minimum Gasteiger partial charge on any atom is -0.355 e. The predicted octanol–water partition coefficient (Wildman–Crippen LogP) is 1.51. The van der Waals surface area contributed by atoms with Crippen LogP contribution in [0, 0.1) is 10.1 Å². The summed E-state index contributed by atoms with van der Waals surface area (Å²) in [7, 11) is -3.91. The zero-order valence-electron chi connectivity index (χ0n) is 15.8. The second kappa shape index (κ2) is 8.57. The molecule has 9 heteroatoms. The second-order valence-corrected chi connectivity index (χ2v) is 8.55. The Morgan fingerprint density at radius 1 is 1.14 bits per heavy atom. The highest BCUT2D eigenvalue weighted by atomic mass is 32.2. The number of para-hydroxylation sites is 1. The highest BCUT2D eigenvalue weighted by molar-refractivity contribution is 7.92. The maximum Gasteiger partial charge on any atom is 0.293 e. The number of rotatable bonds is 7. The Morgan fingerprint density at radius 2 is 1.82 bits per heavy atom. The van der Waals surface area contributed by atoms with E-state index in [9.17, 15) is 18.5 Å². The molecule has 0 spiro atoms. The molecule has 0 aliphatic carbocycles. The Morgan fingerprint density at radius 3 is 2.43 bits per heavy atom. The Labute approximate surface area is 165 Å². The van der Waals surface area contributed by atoms with Crippen molar-refractivity contribution in [3.8, 4) is 0 Å². The third-order valence-corrected chi connectivity index (χ3v) is 6.27. The van der Waals surface area contributed by atoms with Gasteiger partial charge in [-0.3, -0.25) is 14.8 Å². The van der Waals surface area contributed by atoms with Crippen LogP contribution in [0.5, 0.6) is 0 Å². The van der Waals surface area contributed by atoms with Crippen LogP contribution in [0.4, 0.5) is 17.1 Å². The van der Waals surface area contributed by atoms with Gasteiger partial charge in [0.15, 0.2) is 0 Å². The number of benzene rings is 2. The molecule has 1 aliphatic rings. The lowest BCUT2D eigenvalue weighted by molar-refractivity contribution is -0.900. The lowest BCUT2D eigenvalue weighted by atomic mass is 10.2. The second-order valence-electron chi connectivity index (χ2n) is 6.87. The topological polar surface area (TPSA) is 97.0 Å². The van der Waals surface area contributed by atoms with Gasteiger partial charge in [0.2, 0.25) is 0 Å². The van der Waals surface area contributed by atoms with Crippen molar-refractivity contribution < 1.29 is 18.2 Å². The van der Waals surface area contributed by atoms with Crippen molar-refractivity contribution in [1.29, 1.82) is 0 Å². The molecule has 0 atom stereocenters. The standard InChI is InChI=1S/C19H24N4O4S/c1-2-10-21-11-13-22(14-12-21)18-9-8-17(15-19(18)23(24)25)28(26,27)20-16-6-4-3-5-7-16/h3-9,15,20H,2,10-14H2,1H3/p+1. The normalized spacial score (nSPS) is 15.4. The van der Waals surface area contributed by atoms with Crippen LogP contribution in [0.3, 0.4) is 0 Å². The van der Waals surface area contributed by atoms with Crippen molar-refractivity contribution in [1.82, 2.24) is 0 Å². The molecular weight excluding hydrogens is 380 g/mol. The molecule has 0 bridgehead atoms. The van der Waals surface area contributed by atoms with Gasteiger partial charge in [0.1, 0.15) is 5.69 Å². The quantitative estimate of drug-likeness (QED) is 0.538. The SMILES string of the molecule is CCC[NH+]1CCN(c2ccc(S(=O)(=O)Nc3ccccc3)cc2[N+](=O)[O-])CC1. The van der Waals surface area contributed by atoms with Crippen LogP contribution in [0.15, 0.2) is 53.4 Å². The van der Waals surface area contributed by atoms with E-state index in [4.69, 9.17) is 0 Å². The van der Waals surface area contributed by atoms with Crippen molar-refractivity contribution in [2.75, 3.05) is 42.3 Å². The summed E-state index contributed by atoms with van der Waals surface area (Å²) >= 11 is 0. The van der Waals surface area contributed by atoms with Crippen molar-refractivity contribution in [2.24, 2.45) is 0 Å². The van der Waals surface area contributed by atoms with E-state index in [0.717, 1.165) is 32.1 Å². The lowest BCUT2D eigenvalue weighted by Crippen LogP contribution is -3.14. The molecule has 150 valence electrons. The molecule has 0 saturated carbocycles. The number of hydrogen-bond donors (Lipinski definition) is 2. The molecule has 2 aromatic carbocycles. The van der Waals surface area contributed by atoms with Crippen LogP contribution in [0.25, 0.3) is 0 Å². The van der Waals surface area contributed by atoms with Gasteiger partial charge in [-0.25, -0.2) is 8.42 Å². The summed E-state index contributed by atoms with van der Waals surface area (Å²) in [4.78, 5) is 14.5. The largest absolute Gasteiger partial charge is 0.355 e. The van der Waals surface area contributed by atoms with E-state index < -0.39 is 14.9 Å². The molecule has 8 nitrogen and oxygen atoms in total. The molecule has 3 rings (SSSR count). The smallest absolute Gasteiger partial charge is 0.293 e. The van der Waals surface area contributed by atoms with E-state index in [1.54, 1.807) is 36.4 Å². The predicted molar refractivity (Wildman–Crippen MR) is 108 cm³/mol. The van der Waals surface area contributed by atoms with Gasteiger partial charge in [0.25, 0.3) is 15.7 Å². The zero-order chi connectivity index (χ0) is 20.1. The van der Waals surface area contributed by atoms with Gasteiger partial charge in [-0.05, 0) is 30.7 Å². The van der Waals surface area contributed by atoms with Crippen LogP contribution < -0.4 is 14.5 Å². The Balaban J connectivity index is 1.84. The van der Waals surface area contributed by atoms with E-state index in [2.05, 4.69) is 11.6 Å². The van der Waals surface area contributed by atoms with Crippen molar-refractivity contribution in [3.63, 3.8) is 0 Å². The highest BCUT2D eigenvalue weighted by Crippen LogP contribution is 2.31. The number of nitro groups is 1. The molecule has 2 N–H and O–H groups in total. The maximum absolute atomic E-state index is 12.6. The van der Waals surface area contributed by atoms with Gasteiger partial charge in [-0.1, -0.05) is 25.1 Å². The molecule has 0 radical (unpaired) electrons. The molecule has 28 heavy (non-hydrogen) atoms. The van der Waals surface area contributed by atoms with Gasteiger partial charge in [0, 0.05) is 11.8 Å². The van der Waals surface area contributed by atoms with Gasteiger partial charge in [-0.15, -0.1) is 0 Å². The molecule has 1 aliphatic heterocycles. The molecule has 0 aromatic heterocycles. The molecular formula is C19H25N4O4S+. The summed E-state index contributed by atoms with van der Waals surface area (Å²) in [6.45, 7) is 6.50. The lowest BCUT2D eigenvalue weighted by Gasteiger charge is -2.33. The Bertz CT molecular complexity index is 926.